The van der Waals surface area contributed by atoms with Crippen LogP contribution in [0.4, 0.5) is 5.69 Å². The first kappa shape index (κ1) is 22.6. The average molecular weight is 506 g/mol. The molecule has 144 valence electrons. The van der Waals surface area contributed by atoms with E-state index in [1.54, 1.807) is 36.4 Å². The zero-order chi connectivity index (χ0) is 20.2. The first-order valence-corrected chi connectivity index (χ1v) is 9.90. The molecule has 0 aromatic heterocycles. The number of anilines is 1. The second kappa shape index (κ2) is 9.70. The SMILES string of the molecule is O=C(N[C@H](NC(=S)Nc1cc(Cl)ccc1Cl)C(Cl)(Cl)Cl)c1ccccc1Cl. The molecule has 27 heavy (non-hydrogen) atoms. The average Bonchev–Trinajstić information content (AvgIpc) is 2.57. The van der Waals surface area contributed by atoms with Gasteiger partial charge in [-0.3, -0.25) is 4.79 Å². The standard InChI is InChI=1S/C16H11Cl6N3OS/c17-8-5-6-11(19)12(7-8)23-15(27)25-14(16(20,21)22)24-13(26)9-3-1-2-4-10(9)18/h1-7,14H,(H,24,26)(H2,23,25,27)/t14-/m1/s1. The minimum Gasteiger partial charge on any atom is -0.339 e. The summed E-state index contributed by atoms with van der Waals surface area (Å²) in [5.41, 5.74) is 0.666. The lowest BCUT2D eigenvalue weighted by Gasteiger charge is -2.28. The third-order valence-electron chi connectivity index (χ3n) is 3.17. The van der Waals surface area contributed by atoms with Crippen LogP contribution in [0.2, 0.25) is 15.1 Å². The second-order valence-electron chi connectivity index (χ2n) is 5.15. The van der Waals surface area contributed by atoms with Crippen molar-refractivity contribution < 1.29 is 4.79 Å². The molecular weight excluding hydrogens is 495 g/mol. The summed E-state index contributed by atoms with van der Waals surface area (Å²) in [7, 11) is 0. The minimum atomic E-state index is -1.92. The van der Waals surface area contributed by atoms with Gasteiger partial charge in [-0.1, -0.05) is 81.7 Å². The molecule has 0 heterocycles. The molecule has 0 spiro atoms. The molecular formula is C16H11Cl6N3OS. The maximum atomic E-state index is 12.4. The highest BCUT2D eigenvalue weighted by atomic mass is 35.6. The van der Waals surface area contributed by atoms with Crippen molar-refractivity contribution in [1.82, 2.24) is 10.6 Å². The Labute approximate surface area is 191 Å². The Kier molecular flexibility index (Phi) is 8.13. The van der Waals surface area contributed by atoms with Crippen molar-refractivity contribution in [3.8, 4) is 0 Å². The van der Waals surface area contributed by atoms with Crippen LogP contribution in [0.1, 0.15) is 10.4 Å². The largest absolute Gasteiger partial charge is 0.339 e. The van der Waals surface area contributed by atoms with Gasteiger partial charge < -0.3 is 16.0 Å². The van der Waals surface area contributed by atoms with E-state index in [0.29, 0.717) is 15.7 Å². The number of thiocarbonyl (C=S) groups is 1. The summed E-state index contributed by atoms with van der Waals surface area (Å²) in [6, 6.07) is 11.3. The van der Waals surface area contributed by atoms with Gasteiger partial charge in [-0.05, 0) is 42.5 Å². The van der Waals surface area contributed by atoms with E-state index in [1.807, 2.05) is 0 Å². The van der Waals surface area contributed by atoms with Crippen LogP contribution in [0.25, 0.3) is 0 Å². The van der Waals surface area contributed by atoms with Crippen molar-refractivity contribution in [2.24, 2.45) is 0 Å². The third-order valence-corrected chi connectivity index (χ3v) is 4.94. The number of hydrogen-bond donors (Lipinski definition) is 3. The summed E-state index contributed by atoms with van der Waals surface area (Å²) in [5.74, 6) is -0.548. The number of nitrogens with one attached hydrogen (secondary N) is 3. The van der Waals surface area contributed by atoms with Crippen LogP contribution in [0.5, 0.6) is 0 Å². The molecule has 0 saturated carbocycles. The Morgan fingerprint density at radius 1 is 0.963 bits per heavy atom. The summed E-state index contributed by atoms with van der Waals surface area (Å²) in [6.07, 6.45) is -1.16. The molecule has 0 aliphatic heterocycles. The van der Waals surface area contributed by atoms with E-state index in [9.17, 15) is 4.79 Å². The first-order chi connectivity index (χ1) is 12.6. The van der Waals surface area contributed by atoms with E-state index in [2.05, 4.69) is 16.0 Å². The number of halogens is 6. The summed E-state index contributed by atoms with van der Waals surface area (Å²) in [4.78, 5) is 12.4. The number of carbonyl (C=O) groups is 1. The number of hydrogen-bond acceptors (Lipinski definition) is 2. The van der Waals surface area contributed by atoms with Crippen LogP contribution in [-0.4, -0.2) is 21.0 Å². The molecule has 2 aromatic rings. The number of carbonyl (C=O) groups excluding carboxylic acids is 1. The maximum absolute atomic E-state index is 12.4. The normalized spacial score (nSPS) is 12.2. The fourth-order valence-electron chi connectivity index (χ4n) is 1.94. The van der Waals surface area contributed by atoms with Gasteiger partial charge in [0, 0.05) is 5.02 Å². The third kappa shape index (κ3) is 6.71. The lowest BCUT2D eigenvalue weighted by Crippen LogP contribution is -2.56. The van der Waals surface area contributed by atoms with Crippen molar-refractivity contribution in [2.75, 3.05) is 5.32 Å². The van der Waals surface area contributed by atoms with Gasteiger partial charge in [0.1, 0.15) is 6.17 Å². The van der Waals surface area contributed by atoms with E-state index in [1.165, 1.54) is 6.07 Å². The smallest absolute Gasteiger partial charge is 0.254 e. The van der Waals surface area contributed by atoms with Gasteiger partial charge in [-0.2, -0.15) is 0 Å². The molecule has 0 aliphatic rings. The molecule has 0 unspecified atom stereocenters. The van der Waals surface area contributed by atoms with E-state index < -0.39 is 15.9 Å². The molecule has 0 aliphatic carbocycles. The van der Waals surface area contributed by atoms with Crippen molar-refractivity contribution in [3.05, 3.63) is 63.1 Å². The molecule has 0 radical (unpaired) electrons. The van der Waals surface area contributed by atoms with Gasteiger partial charge in [0.15, 0.2) is 5.11 Å². The summed E-state index contributed by atoms with van der Waals surface area (Å²) in [6.45, 7) is 0. The molecule has 0 saturated heterocycles. The first-order valence-electron chi connectivity index (χ1n) is 7.22. The Bertz CT molecular complexity index is 858. The minimum absolute atomic E-state index is 0.0509. The molecule has 2 rings (SSSR count). The molecule has 11 heteroatoms. The maximum Gasteiger partial charge on any atom is 0.254 e. The fourth-order valence-corrected chi connectivity index (χ4v) is 3.05. The highest BCUT2D eigenvalue weighted by Gasteiger charge is 2.35. The van der Waals surface area contributed by atoms with Crippen molar-refractivity contribution in [1.29, 1.82) is 0 Å². The van der Waals surface area contributed by atoms with Crippen molar-refractivity contribution >= 4 is 98.5 Å². The van der Waals surface area contributed by atoms with Gasteiger partial charge in [0.2, 0.25) is 3.79 Å². The quantitative estimate of drug-likeness (QED) is 0.268. The molecule has 4 nitrogen and oxygen atoms in total. The predicted octanol–water partition coefficient (Wildman–Crippen LogP) is 6.06. The molecule has 3 N–H and O–H groups in total. The fraction of sp³-hybridized carbons (Fsp3) is 0.125. The molecule has 1 amide bonds. The van der Waals surface area contributed by atoms with Gasteiger partial charge >= 0.3 is 0 Å². The van der Waals surface area contributed by atoms with E-state index in [-0.39, 0.29) is 15.7 Å². The topological polar surface area (TPSA) is 53.2 Å². The highest BCUT2D eigenvalue weighted by Crippen LogP contribution is 2.30. The van der Waals surface area contributed by atoms with Gasteiger partial charge in [-0.25, -0.2) is 0 Å². The van der Waals surface area contributed by atoms with Crippen LogP contribution < -0.4 is 16.0 Å². The zero-order valence-electron chi connectivity index (χ0n) is 13.2. The van der Waals surface area contributed by atoms with E-state index in [0.717, 1.165) is 0 Å². The van der Waals surface area contributed by atoms with Crippen LogP contribution >= 0.6 is 81.8 Å². The van der Waals surface area contributed by atoms with Crippen LogP contribution in [0.15, 0.2) is 42.5 Å². The zero-order valence-corrected chi connectivity index (χ0v) is 18.6. The van der Waals surface area contributed by atoms with E-state index in [4.69, 9.17) is 81.8 Å². The molecule has 1 atom stereocenters. The number of amides is 1. The van der Waals surface area contributed by atoms with Gasteiger partial charge in [-0.15, -0.1) is 0 Å². The van der Waals surface area contributed by atoms with Crippen LogP contribution in [0.3, 0.4) is 0 Å². The van der Waals surface area contributed by atoms with Gasteiger partial charge in [0.25, 0.3) is 5.91 Å². The molecule has 0 fully saturated rings. The van der Waals surface area contributed by atoms with Crippen LogP contribution in [0, 0.1) is 0 Å². The molecule has 2 aromatic carbocycles. The van der Waals surface area contributed by atoms with Crippen LogP contribution in [-0.2, 0) is 0 Å². The Morgan fingerprint density at radius 2 is 1.63 bits per heavy atom. The lowest BCUT2D eigenvalue weighted by molar-refractivity contribution is 0.0934. The number of alkyl halides is 3. The Balaban J connectivity index is 2.12. The number of rotatable bonds is 4. The Hall–Kier alpha value is -0.660. The second-order valence-corrected chi connectivity index (χ2v) is 9.18. The summed E-state index contributed by atoms with van der Waals surface area (Å²) >= 11 is 41.1. The molecule has 0 bridgehead atoms. The predicted molar refractivity (Wildman–Crippen MR) is 119 cm³/mol. The number of benzene rings is 2. The van der Waals surface area contributed by atoms with Gasteiger partial charge in [0.05, 0.1) is 21.3 Å². The Morgan fingerprint density at radius 3 is 2.26 bits per heavy atom. The monoisotopic (exact) mass is 503 g/mol. The lowest BCUT2D eigenvalue weighted by atomic mass is 10.2. The summed E-state index contributed by atoms with van der Waals surface area (Å²) < 4.78 is -1.92. The summed E-state index contributed by atoms with van der Waals surface area (Å²) in [5, 5.41) is 9.23. The van der Waals surface area contributed by atoms with Crippen molar-refractivity contribution in [2.45, 2.75) is 9.96 Å². The van der Waals surface area contributed by atoms with Crippen molar-refractivity contribution in [3.63, 3.8) is 0 Å². The highest BCUT2D eigenvalue weighted by molar-refractivity contribution is 7.80. The van der Waals surface area contributed by atoms with E-state index >= 15 is 0 Å².